The van der Waals surface area contributed by atoms with Crippen LogP contribution in [0.15, 0.2) is 59.4 Å². The van der Waals surface area contributed by atoms with Gasteiger partial charge in [0.1, 0.15) is 5.02 Å². The number of fused-ring (bicyclic) bond motifs is 1. The van der Waals surface area contributed by atoms with Crippen LogP contribution in [-0.2, 0) is 0 Å². The Kier molecular flexibility index (Phi) is 3.23. The van der Waals surface area contributed by atoms with Gasteiger partial charge in [-0.15, -0.1) is 0 Å². The highest BCUT2D eigenvalue weighted by Gasteiger charge is 2.21. The molecular formula is C16H10ClNO3. The molecule has 4 nitrogen and oxygen atoms in total. The second-order valence-electron chi connectivity index (χ2n) is 4.48. The van der Waals surface area contributed by atoms with Gasteiger partial charge < -0.3 is 9.67 Å². The van der Waals surface area contributed by atoms with E-state index in [9.17, 15) is 14.7 Å². The Hall–Kier alpha value is -2.59. The minimum atomic E-state index is -1.24. The Balaban J connectivity index is 2.57. The molecule has 104 valence electrons. The molecule has 0 saturated heterocycles. The number of nitrogens with zero attached hydrogens (tertiary/aromatic N) is 1. The molecule has 0 amide bonds. The number of aromatic carboxylic acids is 1. The van der Waals surface area contributed by atoms with Gasteiger partial charge >= 0.3 is 5.97 Å². The summed E-state index contributed by atoms with van der Waals surface area (Å²) in [5.41, 5.74) is 0.437. The number of hydrogen-bond donors (Lipinski definition) is 1. The molecule has 1 N–H and O–H groups in total. The fraction of sp³-hybridized carbons (Fsp3) is 0. The van der Waals surface area contributed by atoms with Crippen molar-refractivity contribution in [3.05, 3.63) is 75.5 Å². The normalized spacial score (nSPS) is 10.7. The van der Waals surface area contributed by atoms with Crippen molar-refractivity contribution < 1.29 is 9.90 Å². The Bertz CT molecular complexity index is 901. The van der Waals surface area contributed by atoms with Gasteiger partial charge in [0.2, 0.25) is 5.43 Å². The molecule has 21 heavy (non-hydrogen) atoms. The average molecular weight is 300 g/mol. The number of hydrogen-bond acceptors (Lipinski definition) is 2. The Morgan fingerprint density at radius 1 is 1.00 bits per heavy atom. The van der Waals surface area contributed by atoms with E-state index in [2.05, 4.69) is 0 Å². The molecule has 0 aliphatic heterocycles. The third-order valence-corrected chi connectivity index (χ3v) is 3.59. The van der Waals surface area contributed by atoms with Gasteiger partial charge in [-0.2, -0.15) is 0 Å². The molecule has 0 aliphatic carbocycles. The monoisotopic (exact) mass is 299 g/mol. The first-order chi connectivity index (χ1) is 10.1. The maximum atomic E-state index is 12.2. The van der Waals surface area contributed by atoms with Crippen LogP contribution in [0.3, 0.4) is 0 Å². The highest BCUT2D eigenvalue weighted by molar-refractivity contribution is 6.34. The molecule has 3 aromatic rings. The summed E-state index contributed by atoms with van der Waals surface area (Å²) in [6.45, 7) is 0. The number of benzene rings is 2. The van der Waals surface area contributed by atoms with Crippen molar-refractivity contribution in [3.63, 3.8) is 0 Å². The number of rotatable bonds is 2. The number of carboxylic acid groups (broad SMARTS) is 1. The highest BCUT2D eigenvalue weighted by Crippen LogP contribution is 2.24. The number of aromatic nitrogens is 1. The summed E-state index contributed by atoms with van der Waals surface area (Å²) in [6, 6.07) is 15.7. The SMILES string of the molecule is O=C(O)c1c(Cl)c(=O)c2ccccc2n1-c1ccccc1. The van der Waals surface area contributed by atoms with Gasteiger partial charge in [-0.25, -0.2) is 4.79 Å². The average Bonchev–Trinajstić information content (AvgIpc) is 2.51. The predicted octanol–water partition coefficient (Wildman–Crippen LogP) is 3.34. The Morgan fingerprint density at radius 3 is 2.29 bits per heavy atom. The van der Waals surface area contributed by atoms with E-state index in [1.165, 1.54) is 4.57 Å². The van der Waals surface area contributed by atoms with Gasteiger partial charge in [0.05, 0.1) is 5.52 Å². The maximum absolute atomic E-state index is 12.2. The number of halogens is 1. The second kappa shape index (κ2) is 5.07. The molecule has 0 bridgehead atoms. The molecular weight excluding hydrogens is 290 g/mol. The van der Waals surface area contributed by atoms with Crippen LogP contribution in [0.5, 0.6) is 0 Å². The van der Waals surface area contributed by atoms with E-state index in [0.717, 1.165) is 0 Å². The van der Waals surface area contributed by atoms with E-state index in [4.69, 9.17) is 11.6 Å². The van der Waals surface area contributed by atoms with Crippen molar-refractivity contribution in [2.45, 2.75) is 0 Å². The zero-order chi connectivity index (χ0) is 15.0. The molecule has 1 aromatic heterocycles. The van der Waals surface area contributed by atoms with Crippen LogP contribution in [-0.4, -0.2) is 15.6 Å². The van der Waals surface area contributed by atoms with Gasteiger partial charge in [0, 0.05) is 11.1 Å². The van der Waals surface area contributed by atoms with Gasteiger partial charge in [-0.05, 0) is 24.3 Å². The first-order valence-corrected chi connectivity index (χ1v) is 6.61. The van der Waals surface area contributed by atoms with E-state index in [1.54, 1.807) is 48.5 Å². The lowest BCUT2D eigenvalue weighted by Crippen LogP contribution is -2.19. The van der Waals surface area contributed by atoms with Crippen molar-refractivity contribution in [1.82, 2.24) is 4.57 Å². The van der Waals surface area contributed by atoms with E-state index in [0.29, 0.717) is 16.6 Å². The molecule has 2 aromatic carbocycles. The summed E-state index contributed by atoms with van der Waals surface area (Å²) in [7, 11) is 0. The van der Waals surface area contributed by atoms with Crippen molar-refractivity contribution >= 4 is 28.5 Å². The molecule has 5 heteroatoms. The van der Waals surface area contributed by atoms with Crippen LogP contribution in [0, 0.1) is 0 Å². The van der Waals surface area contributed by atoms with E-state index < -0.39 is 11.4 Å². The van der Waals surface area contributed by atoms with E-state index in [-0.39, 0.29) is 10.7 Å². The molecule has 0 fully saturated rings. The molecule has 0 aliphatic rings. The predicted molar refractivity (Wildman–Crippen MR) is 81.5 cm³/mol. The molecule has 3 rings (SSSR count). The minimum absolute atomic E-state index is 0.230. The third-order valence-electron chi connectivity index (χ3n) is 3.24. The van der Waals surface area contributed by atoms with E-state index >= 15 is 0 Å². The largest absolute Gasteiger partial charge is 0.477 e. The highest BCUT2D eigenvalue weighted by atomic mass is 35.5. The molecule has 0 unspecified atom stereocenters. The van der Waals surface area contributed by atoms with Crippen molar-refractivity contribution in [2.24, 2.45) is 0 Å². The number of carbonyl (C=O) groups is 1. The second-order valence-corrected chi connectivity index (χ2v) is 4.86. The fourth-order valence-corrected chi connectivity index (χ4v) is 2.61. The lowest BCUT2D eigenvalue weighted by molar-refractivity contribution is 0.0688. The Labute approximate surface area is 124 Å². The summed E-state index contributed by atoms with van der Waals surface area (Å²) in [6.07, 6.45) is 0. The number of carboxylic acids is 1. The zero-order valence-electron chi connectivity index (χ0n) is 10.8. The van der Waals surface area contributed by atoms with Gasteiger partial charge in [-0.3, -0.25) is 4.79 Å². The van der Waals surface area contributed by atoms with Crippen LogP contribution in [0.25, 0.3) is 16.6 Å². The van der Waals surface area contributed by atoms with Crippen molar-refractivity contribution in [3.8, 4) is 5.69 Å². The van der Waals surface area contributed by atoms with Gasteiger partial charge in [0.15, 0.2) is 5.69 Å². The number of pyridine rings is 1. The summed E-state index contributed by atoms with van der Waals surface area (Å²) < 4.78 is 1.49. The minimum Gasteiger partial charge on any atom is -0.477 e. The Morgan fingerprint density at radius 2 is 1.62 bits per heavy atom. The number of para-hydroxylation sites is 2. The third kappa shape index (κ3) is 2.10. The molecule has 1 heterocycles. The van der Waals surface area contributed by atoms with E-state index in [1.807, 2.05) is 6.07 Å². The summed E-state index contributed by atoms with van der Waals surface area (Å²) in [5, 5.41) is 9.55. The van der Waals surface area contributed by atoms with Gasteiger partial charge in [-0.1, -0.05) is 41.9 Å². The first-order valence-electron chi connectivity index (χ1n) is 6.23. The summed E-state index contributed by atoms with van der Waals surface area (Å²) >= 11 is 6.01. The van der Waals surface area contributed by atoms with Gasteiger partial charge in [0.25, 0.3) is 0 Å². The fourth-order valence-electron chi connectivity index (χ4n) is 2.34. The molecule has 0 radical (unpaired) electrons. The van der Waals surface area contributed by atoms with Crippen LogP contribution in [0.1, 0.15) is 10.5 Å². The standard InChI is InChI=1S/C16H10ClNO3/c17-13-14(16(20)21)18(10-6-2-1-3-7-10)12-9-5-4-8-11(12)15(13)19/h1-9H,(H,20,21). The zero-order valence-corrected chi connectivity index (χ0v) is 11.5. The van der Waals surface area contributed by atoms with Crippen LogP contribution >= 0.6 is 11.6 Å². The molecule has 0 spiro atoms. The van der Waals surface area contributed by atoms with Crippen LogP contribution < -0.4 is 5.43 Å². The summed E-state index contributed by atoms with van der Waals surface area (Å²) in [4.78, 5) is 23.8. The van der Waals surface area contributed by atoms with Crippen molar-refractivity contribution in [1.29, 1.82) is 0 Å². The van der Waals surface area contributed by atoms with Crippen molar-refractivity contribution in [2.75, 3.05) is 0 Å². The van der Waals surface area contributed by atoms with Crippen LogP contribution in [0.2, 0.25) is 5.02 Å². The molecule has 0 atom stereocenters. The maximum Gasteiger partial charge on any atom is 0.354 e. The molecule has 0 saturated carbocycles. The topological polar surface area (TPSA) is 59.3 Å². The quantitative estimate of drug-likeness (QED) is 0.789. The lowest BCUT2D eigenvalue weighted by atomic mass is 10.1. The first kappa shape index (κ1) is 13.4. The lowest BCUT2D eigenvalue weighted by Gasteiger charge is -2.15. The smallest absolute Gasteiger partial charge is 0.354 e. The van der Waals surface area contributed by atoms with Crippen LogP contribution in [0.4, 0.5) is 0 Å². The summed E-state index contributed by atoms with van der Waals surface area (Å²) in [5.74, 6) is -1.24.